The molecule has 8 nitrogen and oxygen atoms in total. The maximum Gasteiger partial charge on any atom is 0.153 e. The number of hydrogen-bond donors (Lipinski definition) is 2. The zero-order chi connectivity index (χ0) is 24.6. The number of aromatic nitrogens is 4. The first-order valence-electron chi connectivity index (χ1n) is 12.4. The number of aromatic amines is 1. The Morgan fingerprint density at radius 1 is 1.00 bits per heavy atom. The first-order chi connectivity index (χ1) is 17.5. The van der Waals surface area contributed by atoms with E-state index in [4.69, 9.17) is 14.7 Å². The van der Waals surface area contributed by atoms with E-state index < -0.39 is 0 Å². The van der Waals surface area contributed by atoms with Gasteiger partial charge in [-0.25, -0.2) is 9.97 Å². The molecule has 3 aromatic heterocycles. The second kappa shape index (κ2) is 9.28. The Labute approximate surface area is 211 Å². The average Bonchev–Trinajstić information content (AvgIpc) is 3.31. The number of piperazine rings is 1. The maximum absolute atomic E-state index is 5.29. The molecule has 2 atom stereocenters. The van der Waals surface area contributed by atoms with Crippen LogP contribution in [0.4, 0.5) is 17.5 Å². The van der Waals surface area contributed by atoms with Gasteiger partial charge in [-0.1, -0.05) is 12.1 Å². The van der Waals surface area contributed by atoms with Crippen molar-refractivity contribution < 1.29 is 4.74 Å². The van der Waals surface area contributed by atoms with Crippen molar-refractivity contribution in [2.75, 3.05) is 30.4 Å². The molecule has 3 saturated heterocycles. The standard InChI is InChI=1S/C28H31N7O/c1-18-10-25(30-26(11-18)31-27-12-19(2)32-33-27)21-6-9-28(29-14-21)34-16-22-13-23(17-34)35(22)15-20-4-7-24(36-3)8-5-20/h4-12,14,22-23H,13,15-17H2,1-3H3,(H2,30,31,32,33). The largest absolute Gasteiger partial charge is 0.497 e. The van der Waals surface area contributed by atoms with Crippen molar-refractivity contribution in [3.63, 3.8) is 0 Å². The number of nitrogens with zero attached hydrogens (tertiary/aromatic N) is 5. The number of piperidine rings is 1. The summed E-state index contributed by atoms with van der Waals surface area (Å²) in [6.45, 7) is 7.07. The Morgan fingerprint density at radius 2 is 1.81 bits per heavy atom. The van der Waals surface area contributed by atoms with E-state index in [1.807, 2.05) is 37.4 Å². The highest BCUT2D eigenvalue weighted by Crippen LogP contribution is 2.36. The number of benzene rings is 1. The summed E-state index contributed by atoms with van der Waals surface area (Å²) in [5.41, 5.74) is 5.38. The molecule has 0 radical (unpaired) electrons. The van der Waals surface area contributed by atoms with Gasteiger partial charge >= 0.3 is 0 Å². The van der Waals surface area contributed by atoms with E-state index in [-0.39, 0.29) is 0 Å². The summed E-state index contributed by atoms with van der Waals surface area (Å²) in [6.07, 6.45) is 3.21. The lowest BCUT2D eigenvalue weighted by Crippen LogP contribution is -2.68. The minimum atomic E-state index is 0.574. The van der Waals surface area contributed by atoms with Crippen molar-refractivity contribution in [2.45, 2.75) is 38.9 Å². The van der Waals surface area contributed by atoms with Crippen molar-refractivity contribution in [2.24, 2.45) is 0 Å². The molecular weight excluding hydrogens is 450 g/mol. The Morgan fingerprint density at radius 3 is 2.47 bits per heavy atom. The van der Waals surface area contributed by atoms with Crippen molar-refractivity contribution in [3.8, 4) is 17.0 Å². The molecule has 184 valence electrons. The number of nitrogens with one attached hydrogen (secondary N) is 2. The Hall–Kier alpha value is -3.91. The van der Waals surface area contributed by atoms with Gasteiger partial charge in [0.1, 0.15) is 17.4 Å². The van der Waals surface area contributed by atoms with Crippen molar-refractivity contribution >= 4 is 17.5 Å². The SMILES string of the molecule is COc1ccc(CN2C3CC2CN(c2ccc(-c4cc(C)cc(Nc5cc(C)[nH]n5)n4)cn2)C3)cc1. The van der Waals surface area contributed by atoms with Crippen LogP contribution in [0, 0.1) is 13.8 Å². The van der Waals surface area contributed by atoms with E-state index in [0.717, 1.165) is 65.4 Å². The summed E-state index contributed by atoms with van der Waals surface area (Å²) in [7, 11) is 1.71. The van der Waals surface area contributed by atoms with Crippen LogP contribution in [-0.2, 0) is 6.54 Å². The summed E-state index contributed by atoms with van der Waals surface area (Å²) in [5.74, 6) is 3.48. The number of fused-ring (bicyclic) bond motifs is 2. The van der Waals surface area contributed by atoms with Gasteiger partial charge in [0.2, 0.25) is 0 Å². The molecule has 3 aliphatic rings. The normalized spacial score (nSPS) is 19.1. The van der Waals surface area contributed by atoms with E-state index in [0.29, 0.717) is 12.1 Å². The molecule has 3 aliphatic heterocycles. The summed E-state index contributed by atoms with van der Waals surface area (Å²) in [6, 6.07) is 19.9. The van der Waals surface area contributed by atoms with Gasteiger partial charge in [-0.2, -0.15) is 5.10 Å². The van der Waals surface area contributed by atoms with Crippen molar-refractivity contribution in [1.29, 1.82) is 0 Å². The molecular formula is C28H31N7O. The summed E-state index contributed by atoms with van der Waals surface area (Å²) >= 11 is 0. The van der Waals surface area contributed by atoms with Crippen LogP contribution in [0.2, 0.25) is 0 Å². The molecule has 0 aliphatic carbocycles. The van der Waals surface area contributed by atoms with Crippen LogP contribution in [0.25, 0.3) is 11.3 Å². The first kappa shape index (κ1) is 22.5. The number of hydrogen-bond acceptors (Lipinski definition) is 7. The van der Waals surface area contributed by atoms with Gasteiger partial charge in [0, 0.05) is 55.2 Å². The molecule has 2 N–H and O–H groups in total. The van der Waals surface area contributed by atoms with E-state index in [9.17, 15) is 0 Å². The molecule has 3 fully saturated rings. The predicted octanol–water partition coefficient (Wildman–Crippen LogP) is 4.70. The predicted molar refractivity (Wildman–Crippen MR) is 142 cm³/mol. The van der Waals surface area contributed by atoms with Crippen LogP contribution in [0.3, 0.4) is 0 Å². The third kappa shape index (κ3) is 4.52. The molecule has 1 aromatic carbocycles. The fourth-order valence-electron chi connectivity index (χ4n) is 5.29. The second-order valence-electron chi connectivity index (χ2n) is 9.85. The quantitative estimate of drug-likeness (QED) is 0.396. The highest BCUT2D eigenvalue weighted by atomic mass is 16.5. The van der Waals surface area contributed by atoms with Crippen LogP contribution in [-0.4, -0.2) is 57.3 Å². The van der Waals surface area contributed by atoms with E-state index in [1.54, 1.807) is 7.11 Å². The zero-order valence-corrected chi connectivity index (χ0v) is 20.9. The smallest absolute Gasteiger partial charge is 0.153 e. The van der Waals surface area contributed by atoms with Crippen LogP contribution in [0.5, 0.6) is 5.75 Å². The molecule has 36 heavy (non-hydrogen) atoms. The molecule has 0 amide bonds. The molecule has 2 bridgehead atoms. The molecule has 0 spiro atoms. The van der Waals surface area contributed by atoms with Gasteiger partial charge in [-0.3, -0.25) is 10.00 Å². The number of ether oxygens (including phenoxy) is 1. The second-order valence-corrected chi connectivity index (χ2v) is 9.85. The lowest BCUT2D eigenvalue weighted by Gasteiger charge is -2.56. The third-order valence-corrected chi connectivity index (χ3v) is 7.17. The van der Waals surface area contributed by atoms with Gasteiger partial charge in [-0.15, -0.1) is 0 Å². The zero-order valence-electron chi connectivity index (χ0n) is 20.9. The molecule has 8 heteroatoms. The van der Waals surface area contributed by atoms with E-state index >= 15 is 0 Å². The highest BCUT2D eigenvalue weighted by Gasteiger charge is 2.44. The average molecular weight is 482 g/mol. The van der Waals surface area contributed by atoms with E-state index in [1.165, 1.54) is 12.0 Å². The minimum absolute atomic E-state index is 0.574. The lowest BCUT2D eigenvalue weighted by atomic mass is 9.86. The molecule has 7 rings (SSSR count). The van der Waals surface area contributed by atoms with Crippen molar-refractivity contribution in [3.05, 3.63) is 77.6 Å². The number of methoxy groups -OCH3 is 1. The van der Waals surface area contributed by atoms with Crippen LogP contribution in [0.1, 0.15) is 23.2 Å². The number of anilines is 3. The minimum Gasteiger partial charge on any atom is -0.497 e. The fourth-order valence-corrected chi connectivity index (χ4v) is 5.29. The topological polar surface area (TPSA) is 82.2 Å². The summed E-state index contributed by atoms with van der Waals surface area (Å²) in [5, 5.41) is 10.5. The van der Waals surface area contributed by atoms with Gasteiger partial charge in [-0.05, 0) is 67.8 Å². The highest BCUT2D eigenvalue weighted by molar-refractivity contribution is 5.65. The Balaban J connectivity index is 1.11. The van der Waals surface area contributed by atoms with Gasteiger partial charge in [0.25, 0.3) is 0 Å². The van der Waals surface area contributed by atoms with Crippen molar-refractivity contribution in [1.82, 2.24) is 25.1 Å². The van der Waals surface area contributed by atoms with E-state index in [2.05, 4.69) is 62.6 Å². The first-order valence-corrected chi connectivity index (χ1v) is 12.4. The molecule has 2 unspecified atom stereocenters. The molecule has 0 saturated carbocycles. The molecule has 6 heterocycles. The van der Waals surface area contributed by atoms with Crippen LogP contribution in [0.15, 0.2) is 60.8 Å². The third-order valence-electron chi connectivity index (χ3n) is 7.17. The summed E-state index contributed by atoms with van der Waals surface area (Å²) < 4.78 is 5.29. The fraction of sp³-hybridized carbons (Fsp3) is 0.321. The Bertz CT molecular complexity index is 1340. The van der Waals surface area contributed by atoms with Gasteiger partial charge in [0.05, 0.1) is 12.8 Å². The lowest BCUT2D eigenvalue weighted by molar-refractivity contribution is -0.00868. The Kier molecular flexibility index (Phi) is 5.81. The number of H-pyrrole nitrogens is 1. The summed E-state index contributed by atoms with van der Waals surface area (Å²) in [4.78, 5) is 14.7. The number of aryl methyl sites for hydroxylation is 2. The van der Waals surface area contributed by atoms with Gasteiger partial charge in [0.15, 0.2) is 5.82 Å². The van der Waals surface area contributed by atoms with Gasteiger partial charge < -0.3 is 15.0 Å². The number of pyridine rings is 2. The number of rotatable bonds is 7. The van der Waals surface area contributed by atoms with Crippen LogP contribution >= 0.6 is 0 Å². The maximum atomic E-state index is 5.29. The van der Waals surface area contributed by atoms with Crippen LogP contribution < -0.4 is 15.0 Å². The molecule has 4 aromatic rings. The monoisotopic (exact) mass is 481 g/mol.